The standard InChI is InChI=1S/C12H12N2S/c1-2-4-10-9(3-1)5-6-11(14-10)12-13-7-8-15-12/h1-6,12-13H,7-8H2. The fourth-order valence-electron chi connectivity index (χ4n) is 1.84. The van der Waals surface area contributed by atoms with E-state index in [4.69, 9.17) is 0 Å². The van der Waals surface area contributed by atoms with Gasteiger partial charge in [0.1, 0.15) is 0 Å². The van der Waals surface area contributed by atoms with Gasteiger partial charge in [-0.05, 0) is 12.1 Å². The Bertz CT molecular complexity index is 478. The molecule has 0 aliphatic carbocycles. The number of hydrogen-bond acceptors (Lipinski definition) is 3. The van der Waals surface area contributed by atoms with Crippen LogP contribution in [0, 0.1) is 0 Å². The van der Waals surface area contributed by atoms with Crippen LogP contribution in [-0.2, 0) is 0 Å². The molecule has 1 unspecified atom stereocenters. The van der Waals surface area contributed by atoms with Gasteiger partial charge >= 0.3 is 0 Å². The van der Waals surface area contributed by atoms with Gasteiger partial charge in [-0.3, -0.25) is 10.3 Å². The van der Waals surface area contributed by atoms with E-state index in [0.717, 1.165) is 17.8 Å². The van der Waals surface area contributed by atoms with Crippen LogP contribution in [0.2, 0.25) is 0 Å². The zero-order valence-electron chi connectivity index (χ0n) is 8.31. The fourth-order valence-corrected chi connectivity index (χ4v) is 2.85. The van der Waals surface area contributed by atoms with E-state index in [1.54, 1.807) is 0 Å². The van der Waals surface area contributed by atoms with Crippen molar-refractivity contribution in [3.05, 3.63) is 42.1 Å². The van der Waals surface area contributed by atoms with Crippen LogP contribution in [0.25, 0.3) is 10.9 Å². The SMILES string of the molecule is c1ccc2nc(C3NCCS3)ccc2c1. The van der Waals surface area contributed by atoms with Crippen molar-refractivity contribution < 1.29 is 0 Å². The molecule has 1 N–H and O–H groups in total. The molecule has 2 heterocycles. The second-order valence-corrected chi connectivity index (χ2v) is 4.85. The maximum atomic E-state index is 4.67. The average Bonchev–Trinajstić information content (AvgIpc) is 2.82. The van der Waals surface area contributed by atoms with Gasteiger partial charge in [-0.1, -0.05) is 24.3 Å². The van der Waals surface area contributed by atoms with Crippen molar-refractivity contribution in [2.75, 3.05) is 12.3 Å². The van der Waals surface area contributed by atoms with Gasteiger partial charge in [0.15, 0.2) is 0 Å². The molecule has 1 aliphatic rings. The third-order valence-electron chi connectivity index (χ3n) is 2.60. The molecule has 1 aromatic carbocycles. The molecule has 0 radical (unpaired) electrons. The summed E-state index contributed by atoms with van der Waals surface area (Å²) in [6.45, 7) is 1.09. The predicted octanol–water partition coefficient (Wildman–Crippen LogP) is 2.57. The lowest BCUT2D eigenvalue weighted by atomic mass is 10.2. The van der Waals surface area contributed by atoms with Crippen molar-refractivity contribution in [3.8, 4) is 0 Å². The Morgan fingerprint density at radius 1 is 1.20 bits per heavy atom. The zero-order chi connectivity index (χ0) is 10.1. The summed E-state index contributed by atoms with van der Waals surface area (Å²) in [5.41, 5.74) is 2.24. The smallest absolute Gasteiger partial charge is 0.0963 e. The first kappa shape index (κ1) is 9.19. The fraction of sp³-hybridized carbons (Fsp3) is 0.250. The monoisotopic (exact) mass is 216 g/mol. The summed E-state index contributed by atoms with van der Waals surface area (Å²) < 4.78 is 0. The van der Waals surface area contributed by atoms with Gasteiger partial charge in [0.05, 0.1) is 16.6 Å². The number of hydrogen-bond donors (Lipinski definition) is 1. The number of para-hydroxylation sites is 1. The van der Waals surface area contributed by atoms with Gasteiger partial charge in [0, 0.05) is 17.7 Å². The van der Waals surface area contributed by atoms with Crippen LogP contribution < -0.4 is 5.32 Å². The molecule has 1 aliphatic heterocycles. The van der Waals surface area contributed by atoms with E-state index >= 15 is 0 Å². The van der Waals surface area contributed by atoms with E-state index in [1.165, 1.54) is 11.1 Å². The van der Waals surface area contributed by atoms with Gasteiger partial charge in [-0.15, -0.1) is 11.8 Å². The molecule has 76 valence electrons. The maximum absolute atomic E-state index is 4.67. The molecular formula is C12H12N2S. The number of aromatic nitrogens is 1. The first-order valence-electron chi connectivity index (χ1n) is 5.14. The molecule has 3 heteroatoms. The molecule has 1 aromatic heterocycles. The highest BCUT2D eigenvalue weighted by molar-refractivity contribution is 7.99. The molecule has 0 saturated carbocycles. The molecule has 2 nitrogen and oxygen atoms in total. The number of fused-ring (bicyclic) bond motifs is 1. The molecule has 3 rings (SSSR count). The molecule has 0 spiro atoms. The Morgan fingerprint density at radius 2 is 2.13 bits per heavy atom. The van der Waals surface area contributed by atoms with Crippen LogP contribution in [0.4, 0.5) is 0 Å². The van der Waals surface area contributed by atoms with Gasteiger partial charge in [0.25, 0.3) is 0 Å². The zero-order valence-corrected chi connectivity index (χ0v) is 9.13. The van der Waals surface area contributed by atoms with Crippen molar-refractivity contribution in [1.29, 1.82) is 0 Å². The van der Waals surface area contributed by atoms with E-state index in [2.05, 4.69) is 34.6 Å². The van der Waals surface area contributed by atoms with E-state index in [0.29, 0.717) is 5.37 Å². The topological polar surface area (TPSA) is 24.9 Å². The summed E-state index contributed by atoms with van der Waals surface area (Å²) in [7, 11) is 0. The van der Waals surface area contributed by atoms with Crippen LogP contribution in [0.15, 0.2) is 36.4 Å². The van der Waals surface area contributed by atoms with Crippen molar-refractivity contribution >= 4 is 22.7 Å². The molecule has 1 atom stereocenters. The molecule has 1 saturated heterocycles. The quantitative estimate of drug-likeness (QED) is 0.793. The van der Waals surface area contributed by atoms with Crippen molar-refractivity contribution in [1.82, 2.24) is 10.3 Å². The molecule has 1 fully saturated rings. The average molecular weight is 216 g/mol. The van der Waals surface area contributed by atoms with Crippen LogP contribution in [0.1, 0.15) is 11.1 Å². The van der Waals surface area contributed by atoms with Crippen LogP contribution >= 0.6 is 11.8 Å². The maximum Gasteiger partial charge on any atom is 0.0963 e. The minimum atomic E-state index is 0.384. The summed E-state index contributed by atoms with van der Waals surface area (Å²) in [5.74, 6) is 1.18. The number of pyridine rings is 1. The van der Waals surface area contributed by atoms with Gasteiger partial charge in [-0.25, -0.2) is 0 Å². The Labute approximate surface area is 93.1 Å². The largest absolute Gasteiger partial charge is 0.300 e. The van der Waals surface area contributed by atoms with Crippen molar-refractivity contribution in [3.63, 3.8) is 0 Å². The Morgan fingerprint density at radius 3 is 3.00 bits per heavy atom. The van der Waals surface area contributed by atoms with E-state index < -0.39 is 0 Å². The highest BCUT2D eigenvalue weighted by atomic mass is 32.2. The number of nitrogens with one attached hydrogen (secondary N) is 1. The summed E-state index contributed by atoms with van der Waals surface area (Å²) >= 11 is 1.93. The third kappa shape index (κ3) is 1.73. The highest BCUT2D eigenvalue weighted by Gasteiger charge is 2.17. The summed E-state index contributed by atoms with van der Waals surface area (Å²) in [5, 5.41) is 5.03. The minimum absolute atomic E-state index is 0.384. The van der Waals surface area contributed by atoms with Crippen LogP contribution in [0.5, 0.6) is 0 Å². The Balaban J connectivity index is 2.05. The van der Waals surface area contributed by atoms with Crippen LogP contribution in [0.3, 0.4) is 0 Å². The Kier molecular flexibility index (Phi) is 2.35. The first-order chi connectivity index (χ1) is 7.43. The van der Waals surface area contributed by atoms with Gasteiger partial charge in [-0.2, -0.15) is 0 Å². The van der Waals surface area contributed by atoms with E-state index in [9.17, 15) is 0 Å². The second kappa shape index (κ2) is 3.83. The van der Waals surface area contributed by atoms with Gasteiger partial charge < -0.3 is 0 Å². The summed E-state index contributed by atoms with van der Waals surface area (Å²) in [6, 6.07) is 12.5. The minimum Gasteiger partial charge on any atom is -0.300 e. The number of nitrogens with zero attached hydrogens (tertiary/aromatic N) is 1. The molecule has 15 heavy (non-hydrogen) atoms. The Hall–Kier alpha value is -1.06. The number of benzene rings is 1. The molecule has 0 amide bonds. The molecule has 2 aromatic rings. The summed E-state index contributed by atoms with van der Waals surface area (Å²) in [4.78, 5) is 4.67. The predicted molar refractivity (Wildman–Crippen MR) is 64.9 cm³/mol. The third-order valence-corrected chi connectivity index (χ3v) is 3.79. The lowest BCUT2D eigenvalue weighted by Crippen LogP contribution is -2.13. The summed E-state index contributed by atoms with van der Waals surface area (Å²) in [6.07, 6.45) is 0. The molecule has 0 bridgehead atoms. The number of thioether (sulfide) groups is 1. The van der Waals surface area contributed by atoms with Crippen molar-refractivity contribution in [2.24, 2.45) is 0 Å². The van der Waals surface area contributed by atoms with Crippen LogP contribution in [-0.4, -0.2) is 17.3 Å². The normalized spacial score (nSPS) is 20.9. The van der Waals surface area contributed by atoms with E-state index in [-0.39, 0.29) is 0 Å². The van der Waals surface area contributed by atoms with E-state index in [1.807, 2.05) is 23.9 Å². The van der Waals surface area contributed by atoms with Gasteiger partial charge in [0.2, 0.25) is 0 Å². The molecular weight excluding hydrogens is 204 g/mol. The first-order valence-corrected chi connectivity index (χ1v) is 6.19. The highest BCUT2D eigenvalue weighted by Crippen LogP contribution is 2.29. The van der Waals surface area contributed by atoms with Crippen molar-refractivity contribution in [2.45, 2.75) is 5.37 Å². The second-order valence-electron chi connectivity index (χ2n) is 3.63. The lowest BCUT2D eigenvalue weighted by Gasteiger charge is -2.09. The lowest BCUT2D eigenvalue weighted by molar-refractivity contribution is 0.735. The number of rotatable bonds is 1.